The minimum absolute atomic E-state index is 0.000431. The lowest BCUT2D eigenvalue weighted by Crippen LogP contribution is -2.50. The van der Waals surface area contributed by atoms with Crippen LogP contribution in [0.3, 0.4) is 0 Å². The van der Waals surface area contributed by atoms with E-state index in [1.54, 1.807) is 62.8 Å². The van der Waals surface area contributed by atoms with Gasteiger partial charge < -0.3 is 20.1 Å². The highest BCUT2D eigenvalue weighted by Gasteiger charge is 2.22. The first-order valence-electron chi connectivity index (χ1n) is 14.3. The number of aromatic nitrogens is 2. The largest absolute Gasteiger partial charge is 0.497 e. The number of nitrogens with zero attached hydrogens (tertiary/aromatic N) is 4. The van der Waals surface area contributed by atoms with Crippen molar-refractivity contribution in [3.8, 4) is 11.5 Å². The van der Waals surface area contributed by atoms with Crippen molar-refractivity contribution in [2.45, 2.75) is 24.8 Å². The number of hydrogen-bond acceptors (Lipinski definition) is 10. The van der Waals surface area contributed by atoms with Gasteiger partial charge in [-0.05, 0) is 44.2 Å². The molecule has 1 aromatic heterocycles. The number of benzene rings is 3. The number of carbonyl (C=O) groups excluding carboxylic acids is 1. The molecule has 1 amide bonds. The van der Waals surface area contributed by atoms with Crippen LogP contribution in [-0.2, 0) is 14.8 Å². The fourth-order valence-corrected chi connectivity index (χ4v) is 6.00. The second-order valence-corrected chi connectivity index (χ2v) is 12.4. The third-order valence-electron chi connectivity index (χ3n) is 7.35. The molecule has 0 radical (unpaired) electrons. The Morgan fingerprint density at radius 2 is 1.48 bits per heavy atom. The minimum Gasteiger partial charge on any atom is -0.497 e. The number of fused-ring (bicyclic) bond motifs is 1. The summed E-state index contributed by atoms with van der Waals surface area (Å²) in [5, 5.41) is 5.99. The quantitative estimate of drug-likeness (QED) is 0.224. The monoisotopic (exact) mass is 619 g/mol. The van der Waals surface area contributed by atoms with E-state index in [-0.39, 0.29) is 29.0 Å². The smallest absolute Gasteiger partial charge is 0.263 e. The van der Waals surface area contributed by atoms with Crippen LogP contribution < -0.4 is 24.8 Å². The topological polar surface area (TPSA) is 138 Å². The standard InChI is InChI=1S/C31H37N7O5S/c1-21(2)38-14-12-37(13-15-38)20-29(39)32-22-8-7-9-26(18-22)44(40,41)36-31-30(34-27-10-5-6-11-28(27)35-31)33-23-16-24(42-3)19-25(17-23)43-4/h5-11,16-19,21H,12-15,20H2,1-4H3,(H,32,39)(H,33,34)(H,35,36). The SMILES string of the molecule is COc1cc(Nc2nc3ccccc3nc2NS(=O)(=O)c2cccc(NC(=O)CN3CCN(C(C)C)CC3)c2)cc(OC)c1. The number of para-hydroxylation sites is 2. The summed E-state index contributed by atoms with van der Waals surface area (Å²) < 4.78 is 40.5. The van der Waals surface area contributed by atoms with Gasteiger partial charge in [0, 0.05) is 61.8 Å². The van der Waals surface area contributed by atoms with E-state index >= 15 is 0 Å². The summed E-state index contributed by atoms with van der Waals surface area (Å²) in [7, 11) is -1.05. The third-order valence-corrected chi connectivity index (χ3v) is 8.68. The number of hydrogen-bond donors (Lipinski definition) is 3. The molecule has 0 aliphatic carbocycles. The van der Waals surface area contributed by atoms with Crippen molar-refractivity contribution in [3.05, 3.63) is 66.7 Å². The molecule has 0 spiro atoms. The molecule has 1 aliphatic rings. The summed E-state index contributed by atoms with van der Waals surface area (Å²) in [6, 6.07) is 18.9. The lowest BCUT2D eigenvalue weighted by atomic mass is 10.2. The molecule has 3 N–H and O–H groups in total. The van der Waals surface area contributed by atoms with Crippen molar-refractivity contribution in [2.24, 2.45) is 0 Å². The predicted molar refractivity (Wildman–Crippen MR) is 171 cm³/mol. The summed E-state index contributed by atoms with van der Waals surface area (Å²) in [5.74, 6) is 1.06. The fraction of sp³-hybridized carbons (Fsp3) is 0.323. The second-order valence-electron chi connectivity index (χ2n) is 10.7. The number of anilines is 4. The van der Waals surface area contributed by atoms with Gasteiger partial charge in [-0.25, -0.2) is 18.4 Å². The van der Waals surface area contributed by atoms with Crippen LogP contribution in [-0.4, -0.2) is 87.1 Å². The Balaban J connectivity index is 1.35. The van der Waals surface area contributed by atoms with Gasteiger partial charge in [0.1, 0.15) is 11.5 Å². The van der Waals surface area contributed by atoms with Gasteiger partial charge in [-0.2, -0.15) is 0 Å². The molecule has 1 aliphatic heterocycles. The number of rotatable bonds is 11. The number of carbonyl (C=O) groups is 1. The lowest BCUT2D eigenvalue weighted by molar-refractivity contribution is -0.117. The number of ether oxygens (including phenoxy) is 2. The van der Waals surface area contributed by atoms with Crippen molar-refractivity contribution in [2.75, 3.05) is 62.3 Å². The molecule has 12 nitrogen and oxygen atoms in total. The number of sulfonamides is 1. The van der Waals surface area contributed by atoms with Crippen molar-refractivity contribution in [1.82, 2.24) is 19.8 Å². The summed E-state index contributed by atoms with van der Waals surface area (Å²) >= 11 is 0. The average Bonchev–Trinajstić information content (AvgIpc) is 3.01. The van der Waals surface area contributed by atoms with Crippen LogP contribution in [0.5, 0.6) is 11.5 Å². The van der Waals surface area contributed by atoms with Gasteiger partial charge in [0.25, 0.3) is 10.0 Å². The molecule has 232 valence electrons. The van der Waals surface area contributed by atoms with Crippen LogP contribution >= 0.6 is 0 Å². The zero-order chi connectivity index (χ0) is 31.3. The molecule has 5 rings (SSSR count). The average molecular weight is 620 g/mol. The maximum Gasteiger partial charge on any atom is 0.263 e. The van der Waals surface area contributed by atoms with Crippen molar-refractivity contribution in [3.63, 3.8) is 0 Å². The summed E-state index contributed by atoms with van der Waals surface area (Å²) in [6.45, 7) is 7.98. The number of amides is 1. The molecular weight excluding hydrogens is 582 g/mol. The Morgan fingerprint density at radius 1 is 0.841 bits per heavy atom. The zero-order valence-corrected chi connectivity index (χ0v) is 26.0. The molecule has 3 aromatic carbocycles. The van der Waals surface area contributed by atoms with Crippen molar-refractivity contribution >= 4 is 50.0 Å². The molecule has 13 heteroatoms. The van der Waals surface area contributed by atoms with E-state index in [0.29, 0.717) is 39.9 Å². The van der Waals surface area contributed by atoms with Crippen LogP contribution in [0.1, 0.15) is 13.8 Å². The Hall–Kier alpha value is -4.46. The van der Waals surface area contributed by atoms with Gasteiger partial charge in [0.15, 0.2) is 11.6 Å². The highest BCUT2D eigenvalue weighted by molar-refractivity contribution is 7.92. The Labute approximate surface area is 257 Å². The molecule has 0 unspecified atom stereocenters. The second kappa shape index (κ2) is 13.5. The summed E-state index contributed by atoms with van der Waals surface area (Å²) in [5.41, 5.74) is 2.02. The van der Waals surface area contributed by atoms with E-state index < -0.39 is 10.0 Å². The van der Waals surface area contributed by atoms with E-state index in [9.17, 15) is 13.2 Å². The molecule has 0 atom stereocenters. The van der Waals surface area contributed by atoms with Crippen molar-refractivity contribution in [1.29, 1.82) is 0 Å². The zero-order valence-electron chi connectivity index (χ0n) is 25.2. The molecule has 44 heavy (non-hydrogen) atoms. The minimum atomic E-state index is -4.13. The van der Waals surface area contributed by atoms with Crippen molar-refractivity contribution < 1.29 is 22.7 Å². The maximum atomic E-state index is 13.6. The molecule has 0 saturated carbocycles. The molecule has 1 fully saturated rings. The number of piperazine rings is 1. The Kier molecular flexibility index (Phi) is 9.47. The van der Waals surface area contributed by atoms with Gasteiger partial charge >= 0.3 is 0 Å². The van der Waals surface area contributed by atoms with Crippen LogP contribution in [0, 0.1) is 0 Å². The number of nitrogens with one attached hydrogen (secondary N) is 3. The van der Waals surface area contributed by atoms with Gasteiger partial charge in [-0.1, -0.05) is 18.2 Å². The molecule has 2 heterocycles. The Bertz CT molecular complexity index is 1720. The molecular formula is C31H37N7O5S. The van der Waals surface area contributed by atoms with E-state index in [0.717, 1.165) is 26.2 Å². The first kappa shape index (κ1) is 31.0. The summed E-state index contributed by atoms with van der Waals surface area (Å²) in [6.07, 6.45) is 0. The van der Waals surface area contributed by atoms with Gasteiger partial charge in [0.05, 0.1) is 36.7 Å². The summed E-state index contributed by atoms with van der Waals surface area (Å²) in [4.78, 5) is 26.4. The van der Waals surface area contributed by atoms with Crippen LogP contribution in [0.4, 0.5) is 23.0 Å². The van der Waals surface area contributed by atoms with E-state index in [2.05, 4.69) is 49.0 Å². The molecule has 1 saturated heterocycles. The van der Waals surface area contributed by atoms with Gasteiger partial charge in [-0.3, -0.25) is 19.3 Å². The highest BCUT2D eigenvalue weighted by Crippen LogP contribution is 2.31. The van der Waals surface area contributed by atoms with Crippen LogP contribution in [0.2, 0.25) is 0 Å². The lowest BCUT2D eigenvalue weighted by Gasteiger charge is -2.36. The van der Waals surface area contributed by atoms with Gasteiger partial charge in [-0.15, -0.1) is 0 Å². The van der Waals surface area contributed by atoms with E-state index in [1.165, 1.54) is 12.1 Å². The van der Waals surface area contributed by atoms with Gasteiger partial charge in [0.2, 0.25) is 5.91 Å². The first-order valence-corrected chi connectivity index (χ1v) is 15.8. The maximum absolute atomic E-state index is 13.6. The predicted octanol–water partition coefficient (Wildman–Crippen LogP) is 4.16. The third kappa shape index (κ3) is 7.54. The van der Waals surface area contributed by atoms with Crippen LogP contribution in [0.25, 0.3) is 11.0 Å². The van der Waals surface area contributed by atoms with E-state index in [4.69, 9.17) is 9.47 Å². The fourth-order valence-electron chi connectivity index (χ4n) is 4.94. The number of methoxy groups -OCH3 is 2. The molecule has 4 aromatic rings. The first-order chi connectivity index (χ1) is 21.1. The van der Waals surface area contributed by atoms with E-state index in [1.807, 2.05) is 6.07 Å². The Morgan fingerprint density at radius 3 is 2.09 bits per heavy atom. The normalized spacial score (nSPS) is 14.4. The molecule has 0 bridgehead atoms. The van der Waals surface area contributed by atoms with Crippen LogP contribution in [0.15, 0.2) is 71.6 Å². The highest BCUT2D eigenvalue weighted by atomic mass is 32.2.